The SMILES string of the molecule is COc1ccc2nc(NC(=O)c3ccccc3SCc3csc(C)n3)sc2c1. The van der Waals surface area contributed by atoms with Gasteiger partial charge in [-0.25, -0.2) is 9.97 Å². The first-order valence-corrected chi connectivity index (χ1v) is 11.2. The quantitative estimate of drug-likeness (QED) is 0.405. The summed E-state index contributed by atoms with van der Waals surface area (Å²) in [5.41, 5.74) is 2.50. The Morgan fingerprint density at radius 3 is 2.86 bits per heavy atom. The summed E-state index contributed by atoms with van der Waals surface area (Å²) >= 11 is 4.68. The van der Waals surface area contributed by atoms with Crippen LogP contribution in [-0.4, -0.2) is 23.0 Å². The summed E-state index contributed by atoms with van der Waals surface area (Å²) in [5.74, 6) is 1.34. The van der Waals surface area contributed by atoms with E-state index in [4.69, 9.17) is 4.74 Å². The van der Waals surface area contributed by atoms with Gasteiger partial charge in [0.05, 0.1) is 33.6 Å². The lowest BCUT2D eigenvalue weighted by Gasteiger charge is -2.07. The van der Waals surface area contributed by atoms with Crippen LogP contribution in [0.25, 0.3) is 10.2 Å². The fourth-order valence-electron chi connectivity index (χ4n) is 2.66. The Hall–Kier alpha value is -2.42. The fourth-order valence-corrected chi connectivity index (χ4v) is 5.21. The third kappa shape index (κ3) is 4.19. The van der Waals surface area contributed by atoms with E-state index in [9.17, 15) is 4.79 Å². The molecule has 1 N–H and O–H groups in total. The molecule has 0 bridgehead atoms. The van der Waals surface area contributed by atoms with Gasteiger partial charge >= 0.3 is 0 Å². The van der Waals surface area contributed by atoms with E-state index in [1.807, 2.05) is 49.4 Å². The zero-order valence-electron chi connectivity index (χ0n) is 15.3. The van der Waals surface area contributed by atoms with Crippen LogP contribution in [0, 0.1) is 6.92 Å². The maximum Gasteiger partial charge on any atom is 0.258 e. The van der Waals surface area contributed by atoms with Crippen molar-refractivity contribution in [3.8, 4) is 5.75 Å². The Balaban J connectivity index is 1.51. The molecule has 2 aromatic carbocycles. The molecule has 0 aliphatic heterocycles. The van der Waals surface area contributed by atoms with Crippen LogP contribution in [0.5, 0.6) is 5.75 Å². The molecular formula is C20H17N3O2S3. The average Bonchev–Trinajstić information content (AvgIpc) is 3.31. The number of aromatic nitrogens is 2. The number of methoxy groups -OCH3 is 1. The van der Waals surface area contributed by atoms with Crippen LogP contribution in [0.4, 0.5) is 5.13 Å². The summed E-state index contributed by atoms with van der Waals surface area (Å²) < 4.78 is 6.22. The number of carbonyl (C=O) groups excluding carboxylic acids is 1. The molecule has 4 rings (SSSR count). The van der Waals surface area contributed by atoms with Crippen molar-refractivity contribution in [2.45, 2.75) is 17.6 Å². The van der Waals surface area contributed by atoms with Crippen molar-refractivity contribution in [3.05, 3.63) is 64.1 Å². The van der Waals surface area contributed by atoms with Crippen molar-refractivity contribution in [1.82, 2.24) is 9.97 Å². The monoisotopic (exact) mass is 427 g/mol. The van der Waals surface area contributed by atoms with E-state index in [0.717, 1.165) is 37.3 Å². The van der Waals surface area contributed by atoms with Gasteiger partial charge in [-0.15, -0.1) is 23.1 Å². The number of hydrogen-bond acceptors (Lipinski definition) is 7. The second kappa shape index (κ2) is 8.30. The third-order valence-electron chi connectivity index (χ3n) is 3.99. The van der Waals surface area contributed by atoms with Gasteiger partial charge in [0.25, 0.3) is 5.91 Å². The standard InChI is InChI=1S/C20H17N3O2S3/c1-12-21-13(10-26-12)11-27-17-6-4-3-5-15(17)19(24)23-20-22-16-8-7-14(25-2)9-18(16)28-20/h3-10H,11H2,1-2H3,(H,22,23,24). The van der Waals surface area contributed by atoms with E-state index >= 15 is 0 Å². The summed E-state index contributed by atoms with van der Waals surface area (Å²) in [6.45, 7) is 1.99. The number of benzene rings is 2. The van der Waals surface area contributed by atoms with Gasteiger partial charge in [-0.1, -0.05) is 23.5 Å². The Morgan fingerprint density at radius 1 is 1.21 bits per heavy atom. The van der Waals surface area contributed by atoms with Gasteiger partial charge in [0.1, 0.15) is 5.75 Å². The van der Waals surface area contributed by atoms with E-state index in [-0.39, 0.29) is 5.91 Å². The fraction of sp³-hybridized carbons (Fsp3) is 0.150. The maximum absolute atomic E-state index is 12.9. The number of rotatable bonds is 6. The first-order valence-electron chi connectivity index (χ1n) is 8.51. The zero-order valence-corrected chi connectivity index (χ0v) is 17.7. The average molecular weight is 428 g/mol. The lowest BCUT2D eigenvalue weighted by Crippen LogP contribution is -2.12. The molecule has 2 aromatic heterocycles. The van der Waals surface area contributed by atoms with Crippen molar-refractivity contribution >= 4 is 55.7 Å². The molecule has 4 aromatic rings. The molecule has 0 aliphatic rings. The van der Waals surface area contributed by atoms with Crippen molar-refractivity contribution < 1.29 is 9.53 Å². The first kappa shape index (κ1) is 18.9. The maximum atomic E-state index is 12.9. The molecule has 8 heteroatoms. The smallest absolute Gasteiger partial charge is 0.258 e. The van der Waals surface area contributed by atoms with Gasteiger partial charge in [-0.3, -0.25) is 10.1 Å². The molecule has 28 heavy (non-hydrogen) atoms. The largest absolute Gasteiger partial charge is 0.497 e. The van der Waals surface area contributed by atoms with Crippen LogP contribution >= 0.6 is 34.4 Å². The first-order chi connectivity index (χ1) is 13.6. The predicted molar refractivity (Wildman–Crippen MR) is 117 cm³/mol. The number of thiazole rings is 2. The van der Waals surface area contributed by atoms with Gasteiger partial charge in [-0.05, 0) is 37.3 Å². The summed E-state index contributed by atoms with van der Waals surface area (Å²) in [7, 11) is 1.63. The van der Waals surface area contributed by atoms with Crippen LogP contribution < -0.4 is 10.1 Å². The molecule has 0 radical (unpaired) electrons. The Morgan fingerprint density at radius 2 is 2.07 bits per heavy atom. The normalized spacial score (nSPS) is 10.9. The minimum Gasteiger partial charge on any atom is -0.497 e. The van der Waals surface area contributed by atoms with Gasteiger partial charge in [0.2, 0.25) is 0 Å². The number of aryl methyl sites for hydroxylation is 1. The Bertz CT molecular complexity index is 1140. The Labute approximate surface area is 174 Å². The van der Waals surface area contributed by atoms with Gasteiger partial charge in [0, 0.05) is 16.0 Å². The van der Waals surface area contributed by atoms with E-state index in [1.54, 1.807) is 30.2 Å². The number of amides is 1. The van der Waals surface area contributed by atoms with Crippen LogP contribution in [0.1, 0.15) is 21.1 Å². The molecule has 0 spiro atoms. The summed E-state index contributed by atoms with van der Waals surface area (Å²) in [5, 5.41) is 6.61. The van der Waals surface area contributed by atoms with Crippen LogP contribution in [0.3, 0.4) is 0 Å². The third-order valence-corrected chi connectivity index (χ3v) is 6.85. The van der Waals surface area contributed by atoms with Gasteiger partial charge in [0.15, 0.2) is 5.13 Å². The highest BCUT2D eigenvalue weighted by atomic mass is 32.2. The molecule has 1 amide bonds. The molecule has 0 atom stereocenters. The Kier molecular flexibility index (Phi) is 5.61. The number of fused-ring (bicyclic) bond motifs is 1. The molecule has 0 saturated carbocycles. The number of carbonyl (C=O) groups is 1. The summed E-state index contributed by atoms with van der Waals surface area (Å²) in [6.07, 6.45) is 0. The molecule has 5 nitrogen and oxygen atoms in total. The lowest BCUT2D eigenvalue weighted by atomic mass is 10.2. The predicted octanol–water partition coefficient (Wildman–Crippen LogP) is 5.61. The molecular weight excluding hydrogens is 410 g/mol. The number of anilines is 1. The molecule has 0 saturated heterocycles. The van der Waals surface area contributed by atoms with E-state index < -0.39 is 0 Å². The number of nitrogens with one attached hydrogen (secondary N) is 1. The number of thioether (sulfide) groups is 1. The van der Waals surface area contributed by atoms with Crippen molar-refractivity contribution in [2.75, 3.05) is 12.4 Å². The van der Waals surface area contributed by atoms with E-state index in [2.05, 4.69) is 20.7 Å². The minimum atomic E-state index is -0.163. The highest BCUT2D eigenvalue weighted by molar-refractivity contribution is 7.98. The number of hydrogen-bond donors (Lipinski definition) is 1. The lowest BCUT2D eigenvalue weighted by molar-refractivity contribution is 0.102. The minimum absolute atomic E-state index is 0.163. The van der Waals surface area contributed by atoms with Crippen LogP contribution in [0.15, 0.2) is 52.7 Å². The molecule has 2 heterocycles. The molecule has 0 fully saturated rings. The highest BCUT2D eigenvalue weighted by Gasteiger charge is 2.14. The van der Waals surface area contributed by atoms with Crippen LogP contribution in [-0.2, 0) is 5.75 Å². The van der Waals surface area contributed by atoms with Crippen LogP contribution in [0.2, 0.25) is 0 Å². The topological polar surface area (TPSA) is 64.1 Å². The van der Waals surface area contributed by atoms with Crippen molar-refractivity contribution in [3.63, 3.8) is 0 Å². The second-order valence-corrected chi connectivity index (χ2v) is 9.06. The number of ether oxygens (including phenoxy) is 1. The molecule has 0 unspecified atom stereocenters. The highest BCUT2D eigenvalue weighted by Crippen LogP contribution is 2.31. The zero-order chi connectivity index (χ0) is 19.5. The summed E-state index contributed by atoms with van der Waals surface area (Å²) in [4.78, 5) is 22.8. The number of nitrogens with zero attached hydrogens (tertiary/aromatic N) is 2. The van der Waals surface area contributed by atoms with Crippen molar-refractivity contribution in [2.24, 2.45) is 0 Å². The van der Waals surface area contributed by atoms with Crippen molar-refractivity contribution in [1.29, 1.82) is 0 Å². The van der Waals surface area contributed by atoms with E-state index in [0.29, 0.717) is 10.7 Å². The van der Waals surface area contributed by atoms with E-state index in [1.165, 1.54) is 11.3 Å². The second-order valence-electron chi connectivity index (χ2n) is 5.95. The van der Waals surface area contributed by atoms with Gasteiger partial charge < -0.3 is 4.74 Å². The van der Waals surface area contributed by atoms with Gasteiger partial charge in [-0.2, -0.15) is 0 Å². The molecule has 0 aliphatic carbocycles. The summed E-state index contributed by atoms with van der Waals surface area (Å²) in [6, 6.07) is 13.3. The molecule has 142 valence electrons.